The smallest absolute Gasteiger partial charge is 0.226 e. The number of halogens is 1. The summed E-state index contributed by atoms with van der Waals surface area (Å²) < 4.78 is 5.64. The van der Waals surface area contributed by atoms with E-state index in [1.807, 2.05) is 24.3 Å². The van der Waals surface area contributed by atoms with Crippen molar-refractivity contribution in [2.75, 3.05) is 19.7 Å². The molecule has 1 aromatic rings. The van der Waals surface area contributed by atoms with Crippen LogP contribution in [-0.2, 0) is 11.2 Å². The van der Waals surface area contributed by atoms with E-state index in [4.69, 9.17) is 4.74 Å². The zero-order valence-electron chi connectivity index (χ0n) is 12.0. The van der Waals surface area contributed by atoms with Gasteiger partial charge >= 0.3 is 0 Å². The fraction of sp³-hybridized carbons (Fsp3) is 0.533. The summed E-state index contributed by atoms with van der Waals surface area (Å²) in [5.41, 5.74) is 1.12. The van der Waals surface area contributed by atoms with E-state index < -0.39 is 0 Å². The standard InChI is InChI=1S/C15H22N2O2.ClH/c1-3-16-11(2)9-17-15(18)13-8-12-6-4-5-7-14(12)19-10-13;/h4-7,11,13,16H,3,8-10H2,1-2H3,(H,17,18);1H/t11-,13?;/m1./s1. The molecule has 0 saturated heterocycles. The lowest BCUT2D eigenvalue weighted by molar-refractivity contribution is -0.126. The minimum absolute atomic E-state index is 0. The number of likely N-dealkylation sites (N-methyl/N-ethyl adjacent to an activating group) is 1. The van der Waals surface area contributed by atoms with Crippen molar-refractivity contribution in [3.8, 4) is 5.75 Å². The lowest BCUT2D eigenvalue weighted by Gasteiger charge is -2.25. The summed E-state index contributed by atoms with van der Waals surface area (Å²) in [5, 5.41) is 6.26. The Kier molecular flexibility index (Phi) is 6.82. The molecule has 0 radical (unpaired) electrons. The topological polar surface area (TPSA) is 50.4 Å². The van der Waals surface area contributed by atoms with Gasteiger partial charge in [-0.3, -0.25) is 4.79 Å². The molecule has 4 nitrogen and oxygen atoms in total. The Balaban J connectivity index is 0.00000200. The zero-order valence-corrected chi connectivity index (χ0v) is 12.8. The van der Waals surface area contributed by atoms with Gasteiger partial charge in [0.05, 0.1) is 5.92 Å². The van der Waals surface area contributed by atoms with Crippen molar-refractivity contribution in [3.63, 3.8) is 0 Å². The normalized spacial score (nSPS) is 18.2. The van der Waals surface area contributed by atoms with Gasteiger partial charge in [0.1, 0.15) is 12.4 Å². The molecule has 2 atom stereocenters. The molecule has 1 amide bonds. The van der Waals surface area contributed by atoms with Crippen molar-refractivity contribution in [3.05, 3.63) is 29.8 Å². The van der Waals surface area contributed by atoms with Gasteiger partial charge in [-0.25, -0.2) is 0 Å². The molecule has 1 unspecified atom stereocenters. The van der Waals surface area contributed by atoms with Gasteiger partial charge in [0.25, 0.3) is 0 Å². The molecule has 112 valence electrons. The van der Waals surface area contributed by atoms with Crippen molar-refractivity contribution >= 4 is 18.3 Å². The van der Waals surface area contributed by atoms with E-state index in [0.29, 0.717) is 19.2 Å². The second-order valence-electron chi connectivity index (χ2n) is 5.02. The minimum atomic E-state index is -0.0799. The number of hydrogen-bond acceptors (Lipinski definition) is 3. The molecule has 1 aliphatic rings. The molecule has 2 N–H and O–H groups in total. The summed E-state index contributed by atoms with van der Waals surface area (Å²) in [6.45, 7) is 6.17. The molecule has 1 heterocycles. The van der Waals surface area contributed by atoms with Crippen LogP contribution < -0.4 is 15.4 Å². The van der Waals surface area contributed by atoms with E-state index in [2.05, 4.69) is 24.5 Å². The van der Waals surface area contributed by atoms with Crippen LogP contribution in [0, 0.1) is 5.92 Å². The molecule has 5 heteroatoms. The van der Waals surface area contributed by atoms with Gasteiger partial charge in [0.15, 0.2) is 0 Å². The maximum Gasteiger partial charge on any atom is 0.226 e. The van der Waals surface area contributed by atoms with E-state index in [0.717, 1.165) is 24.3 Å². The molecule has 0 saturated carbocycles. The van der Waals surface area contributed by atoms with Gasteiger partial charge in [0, 0.05) is 12.6 Å². The van der Waals surface area contributed by atoms with Crippen molar-refractivity contribution in [2.45, 2.75) is 26.3 Å². The highest BCUT2D eigenvalue weighted by Gasteiger charge is 2.25. The van der Waals surface area contributed by atoms with Crippen LogP contribution in [0.15, 0.2) is 24.3 Å². The lowest BCUT2D eigenvalue weighted by atomic mass is 9.96. The number of ether oxygens (including phenoxy) is 1. The predicted molar refractivity (Wildman–Crippen MR) is 82.5 cm³/mol. The number of nitrogens with one attached hydrogen (secondary N) is 2. The Labute approximate surface area is 126 Å². The van der Waals surface area contributed by atoms with E-state index in [1.165, 1.54) is 0 Å². The molecule has 0 bridgehead atoms. The first-order valence-electron chi connectivity index (χ1n) is 6.92. The lowest BCUT2D eigenvalue weighted by Crippen LogP contribution is -2.43. The van der Waals surface area contributed by atoms with E-state index in [9.17, 15) is 4.79 Å². The number of para-hydroxylation sites is 1. The third-order valence-electron chi connectivity index (χ3n) is 3.38. The molecule has 0 aromatic heterocycles. The highest BCUT2D eigenvalue weighted by Crippen LogP contribution is 2.26. The highest BCUT2D eigenvalue weighted by molar-refractivity contribution is 5.85. The van der Waals surface area contributed by atoms with Crippen LogP contribution in [0.5, 0.6) is 5.75 Å². The van der Waals surface area contributed by atoms with Gasteiger partial charge in [-0.15, -0.1) is 12.4 Å². The average Bonchev–Trinajstić information content (AvgIpc) is 2.44. The monoisotopic (exact) mass is 298 g/mol. The van der Waals surface area contributed by atoms with Crippen LogP contribution in [0.3, 0.4) is 0 Å². The number of amides is 1. The van der Waals surface area contributed by atoms with Crippen LogP contribution in [0.25, 0.3) is 0 Å². The zero-order chi connectivity index (χ0) is 13.7. The molecule has 0 fully saturated rings. The molecule has 20 heavy (non-hydrogen) atoms. The Morgan fingerprint density at radius 2 is 2.20 bits per heavy atom. The predicted octanol–water partition coefficient (Wildman–Crippen LogP) is 1.77. The van der Waals surface area contributed by atoms with E-state index in [1.54, 1.807) is 0 Å². The van der Waals surface area contributed by atoms with Gasteiger partial charge in [-0.05, 0) is 31.5 Å². The number of hydrogen-bond donors (Lipinski definition) is 2. The van der Waals surface area contributed by atoms with Crippen LogP contribution in [-0.4, -0.2) is 31.6 Å². The van der Waals surface area contributed by atoms with Crippen LogP contribution in [0.1, 0.15) is 19.4 Å². The average molecular weight is 299 g/mol. The molecular weight excluding hydrogens is 276 g/mol. The van der Waals surface area contributed by atoms with Crippen LogP contribution in [0.2, 0.25) is 0 Å². The second-order valence-corrected chi connectivity index (χ2v) is 5.02. The Morgan fingerprint density at radius 1 is 1.45 bits per heavy atom. The fourth-order valence-electron chi connectivity index (χ4n) is 2.32. The highest BCUT2D eigenvalue weighted by atomic mass is 35.5. The Bertz CT molecular complexity index is 440. The molecule has 1 aromatic carbocycles. The largest absolute Gasteiger partial charge is 0.492 e. The van der Waals surface area contributed by atoms with Crippen molar-refractivity contribution in [1.82, 2.24) is 10.6 Å². The second kappa shape index (κ2) is 8.12. The first kappa shape index (κ1) is 16.8. The van der Waals surface area contributed by atoms with Gasteiger partial charge in [-0.2, -0.15) is 0 Å². The Hall–Kier alpha value is -1.26. The third-order valence-corrected chi connectivity index (χ3v) is 3.38. The molecule has 0 spiro atoms. The molecule has 2 rings (SSSR count). The fourth-order valence-corrected chi connectivity index (χ4v) is 2.32. The number of fused-ring (bicyclic) bond motifs is 1. The van der Waals surface area contributed by atoms with Gasteiger partial charge in [0.2, 0.25) is 5.91 Å². The molecular formula is C15H23ClN2O2. The SMILES string of the molecule is CCN[C@H](C)CNC(=O)C1COc2ccccc2C1.Cl. The number of carbonyl (C=O) groups excluding carboxylic acids is 1. The molecule has 1 aliphatic heterocycles. The summed E-state index contributed by atoms with van der Waals surface area (Å²) >= 11 is 0. The summed E-state index contributed by atoms with van der Waals surface area (Å²) in [5.74, 6) is 0.913. The van der Waals surface area contributed by atoms with Crippen LogP contribution >= 0.6 is 12.4 Å². The summed E-state index contributed by atoms with van der Waals surface area (Å²) in [7, 11) is 0. The quantitative estimate of drug-likeness (QED) is 0.871. The van der Waals surface area contributed by atoms with Crippen LogP contribution in [0.4, 0.5) is 0 Å². The number of carbonyl (C=O) groups is 1. The van der Waals surface area contributed by atoms with E-state index in [-0.39, 0.29) is 24.2 Å². The minimum Gasteiger partial charge on any atom is -0.492 e. The van der Waals surface area contributed by atoms with E-state index >= 15 is 0 Å². The summed E-state index contributed by atoms with van der Waals surface area (Å²) in [6.07, 6.45) is 0.762. The summed E-state index contributed by atoms with van der Waals surface area (Å²) in [6, 6.07) is 8.21. The third kappa shape index (κ3) is 4.39. The van der Waals surface area contributed by atoms with Crippen molar-refractivity contribution < 1.29 is 9.53 Å². The molecule has 0 aliphatic carbocycles. The summed E-state index contributed by atoms with van der Waals surface area (Å²) in [4.78, 5) is 12.1. The maximum atomic E-state index is 12.1. The van der Waals surface area contributed by atoms with Crippen molar-refractivity contribution in [1.29, 1.82) is 0 Å². The maximum absolute atomic E-state index is 12.1. The Morgan fingerprint density at radius 3 is 2.95 bits per heavy atom. The number of benzene rings is 1. The van der Waals surface area contributed by atoms with Crippen molar-refractivity contribution in [2.24, 2.45) is 5.92 Å². The van der Waals surface area contributed by atoms with Gasteiger partial charge in [-0.1, -0.05) is 25.1 Å². The number of rotatable bonds is 5. The first-order valence-corrected chi connectivity index (χ1v) is 6.92. The first-order chi connectivity index (χ1) is 9.20. The van der Waals surface area contributed by atoms with Gasteiger partial charge < -0.3 is 15.4 Å².